The number of carboxylic acids is 1. The number of aliphatic carboxylic acids is 1. The molecule has 41 heavy (non-hydrogen) atoms. The van der Waals surface area contributed by atoms with Crippen molar-refractivity contribution in [2.24, 2.45) is 16.5 Å². The maximum absolute atomic E-state index is 13.4. The average molecular weight is 593 g/mol. The third kappa shape index (κ3) is 9.53. The Hall–Kier alpha value is -4.04. The minimum absolute atomic E-state index is 0.0144. The number of fused-ring (bicyclic) bond motifs is 1. The highest BCUT2D eigenvalue weighted by molar-refractivity contribution is 7.20. The van der Waals surface area contributed by atoms with Crippen molar-refractivity contribution in [1.82, 2.24) is 15.2 Å². The van der Waals surface area contributed by atoms with Crippen molar-refractivity contribution in [2.45, 2.75) is 50.5 Å². The van der Waals surface area contributed by atoms with Gasteiger partial charge in [0.1, 0.15) is 0 Å². The molecule has 0 unspecified atom stereocenters. The van der Waals surface area contributed by atoms with Crippen LogP contribution in [0.25, 0.3) is 10.2 Å². The number of guanidine groups is 1. The van der Waals surface area contributed by atoms with Gasteiger partial charge in [0.05, 0.1) is 22.3 Å². The van der Waals surface area contributed by atoms with Crippen molar-refractivity contribution in [3.05, 3.63) is 65.2 Å². The highest BCUT2D eigenvalue weighted by Gasteiger charge is 2.38. The van der Waals surface area contributed by atoms with Gasteiger partial charge in [-0.1, -0.05) is 42.5 Å². The molecule has 1 amide bonds. The second-order valence-electron chi connectivity index (χ2n) is 9.28. The lowest BCUT2D eigenvalue weighted by Crippen LogP contribution is -2.49. The van der Waals surface area contributed by atoms with Gasteiger partial charge in [0.2, 0.25) is 11.7 Å². The summed E-state index contributed by atoms with van der Waals surface area (Å²) in [5.74, 6) is -3.03. The topological polar surface area (TPSA) is 164 Å². The van der Waals surface area contributed by atoms with Gasteiger partial charge in [-0.25, -0.2) is 9.78 Å². The van der Waals surface area contributed by atoms with E-state index in [-0.39, 0.29) is 23.7 Å². The lowest BCUT2D eigenvalue weighted by atomic mass is 10.1. The van der Waals surface area contributed by atoms with Crippen LogP contribution in [0.4, 0.5) is 13.2 Å². The molecule has 1 fully saturated rings. The number of nitrogens with two attached hydrogens (primary N) is 2. The number of benzene rings is 2. The molecule has 0 radical (unpaired) electrons. The molecule has 220 valence electrons. The van der Waals surface area contributed by atoms with Crippen LogP contribution in [0.1, 0.15) is 41.0 Å². The summed E-state index contributed by atoms with van der Waals surface area (Å²) in [4.78, 5) is 46.3. The second-order valence-corrected chi connectivity index (χ2v) is 10.3. The Morgan fingerprint density at radius 1 is 1.12 bits per heavy atom. The smallest absolute Gasteiger partial charge is 0.475 e. The second kappa shape index (κ2) is 14.6. The first kappa shape index (κ1) is 31.5. The summed E-state index contributed by atoms with van der Waals surface area (Å²) in [5.41, 5.74) is 12.8. The van der Waals surface area contributed by atoms with E-state index in [1.54, 1.807) is 0 Å². The Bertz CT molecular complexity index is 1330. The molecule has 0 aliphatic carbocycles. The molecule has 14 heteroatoms. The monoisotopic (exact) mass is 592 g/mol. The Morgan fingerprint density at radius 2 is 1.78 bits per heavy atom. The first-order valence-corrected chi connectivity index (χ1v) is 13.6. The molecule has 10 nitrogen and oxygen atoms in total. The van der Waals surface area contributed by atoms with Gasteiger partial charge in [-0.15, -0.1) is 11.3 Å². The van der Waals surface area contributed by atoms with E-state index in [2.05, 4.69) is 32.3 Å². The lowest BCUT2D eigenvalue weighted by molar-refractivity contribution is -0.192. The van der Waals surface area contributed by atoms with Gasteiger partial charge in [-0.05, 0) is 49.9 Å². The van der Waals surface area contributed by atoms with Crippen molar-refractivity contribution in [2.75, 3.05) is 13.1 Å². The van der Waals surface area contributed by atoms with E-state index in [9.17, 15) is 22.8 Å². The van der Waals surface area contributed by atoms with Crippen molar-refractivity contribution in [3.63, 3.8) is 0 Å². The molecular formula is C27H31F3N6O4S. The van der Waals surface area contributed by atoms with Crippen LogP contribution in [0, 0.1) is 0 Å². The molecule has 1 saturated heterocycles. The summed E-state index contributed by atoms with van der Waals surface area (Å²) in [7, 11) is 0. The van der Waals surface area contributed by atoms with Crippen LogP contribution in [-0.4, -0.2) is 70.0 Å². The van der Waals surface area contributed by atoms with E-state index in [0.717, 1.165) is 29.6 Å². The number of Topliss-reactive ketones (excluding diaryl/α,β-unsaturated/α-hetero) is 1. The van der Waals surface area contributed by atoms with Crippen molar-refractivity contribution in [3.8, 4) is 0 Å². The molecule has 1 aliphatic heterocycles. The van der Waals surface area contributed by atoms with Crippen LogP contribution in [0.2, 0.25) is 0 Å². The molecule has 2 aromatic carbocycles. The van der Waals surface area contributed by atoms with Gasteiger partial charge in [0.25, 0.3) is 0 Å². The van der Waals surface area contributed by atoms with Gasteiger partial charge in [-0.2, -0.15) is 13.2 Å². The number of rotatable bonds is 10. The molecule has 0 saturated carbocycles. The summed E-state index contributed by atoms with van der Waals surface area (Å²) < 4.78 is 32.7. The molecule has 2 heterocycles. The van der Waals surface area contributed by atoms with Gasteiger partial charge in [0.15, 0.2) is 11.0 Å². The standard InChI is InChI=1S/C25H30N6O2S.C2HF3O2/c26-25(27)28-14-6-11-19(22(32)24-30-18-10-4-5-13-21(18)34-24)29-23(33)20-12-7-15-31(20)16-17-8-2-1-3-9-17;3-2(4,5)1(6)7/h1-5,8-10,13,19-20H,6-7,11-12,14-16H2,(H,29,33)(H4,26,27,28);(H,6,7)/t19-,20-;/m0./s1. The van der Waals surface area contributed by atoms with E-state index in [1.807, 2.05) is 42.5 Å². The number of amides is 1. The van der Waals surface area contributed by atoms with Gasteiger partial charge in [-0.3, -0.25) is 19.5 Å². The maximum atomic E-state index is 13.4. The molecular weight excluding hydrogens is 561 g/mol. The van der Waals surface area contributed by atoms with E-state index >= 15 is 0 Å². The average Bonchev–Trinajstić information content (AvgIpc) is 3.57. The number of hydrogen-bond acceptors (Lipinski definition) is 7. The molecule has 4 rings (SSSR count). The van der Waals surface area contributed by atoms with E-state index < -0.39 is 18.2 Å². The lowest BCUT2D eigenvalue weighted by Gasteiger charge is -2.26. The number of para-hydroxylation sites is 1. The zero-order valence-corrected chi connectivity index (χ0v) is 22.8. The van der Waals surface area contributed by atoms with Crippen LogP contribution < -0.4 is 16.8 Å². The third-order valence-corrected chi connectivity index (χ3v) is 7.27. The summed E-state index contributed by atoms with van der Waals surface area (Å²) in [6.45, 7) is 1.96. The molecule has 0 spiro atoms. The fourth-order valence-corrected chi connectivity index (χ4v) is 5.26. The maximum Gasteiger partial charge on any atom is 0.490 e. The first-order valence-electron chi connectivity index (χ1n) is 12.8. The highest BCUT2D eigenvalue weighted by Crippen LogP contribution is 2.24. The predicted octanol–water partition coefficient (Wildman–Crippen LogP) is 3.32. The molecule has 1 aliphatic rings. The summed E-state index contributed by atoms with van der Waals surface area (Å²) in [5, 5.41) is 10.6. The number of aromatic nitrogens is 1. The number of hydrogen-bond donors (Lipinski definition) is 4. The van der Waals surface area contributed by atoms with Gasteiger partial charge >= 0.3 is 12.1 Å². The van der Waals surface area contributed by atoms with Gasteiger partial charge in [0, 0.05) is 13.1 Å². The largest absolute Gasteiger partial charge is 0.490 e. The number of likely N-dealkylation sites (tertiary alicyclic amines) is 1. The zero-order valence-electron chi connectivity index (χ0n) is 22.0. The number of thiazole rings is 1. The third-order valence-electron chi connectivity index (χ3n) is 6.22. The van der Waals surface area contributed by atoms with Crippen molar-refractivity contribution in [1.29, 1.82) is 0 Å². The minimum atomic E-state index is -5.08. The fraction of sp³-hybridized carbons (Fsp3) is 0.370. The number of nitrogens with one attached hydrogen (secondary N) is 1. The minimum Gasteiger partial charge on any atom is -0.475 e. The fourth-order valence-electron chi connectivity index (χ4n) is 4.30. The van der Waals surface area contributed by atoms with Crippen LogP contribution in [0.3, 0.4) is 0 Å². The van der Waals surface area contributed by atoms with Crippen LogP contribution >= 0.6 is 11.3 Å². The van der Waals surface area contributed by atoms with E-state index in [1.165, 1.54) is 16.9 Å². The number of carbonyl (C=O) groups excluding carboxylic acids is 2. The Morgan fingerprint density at radius 3 is 2.41 bits per heavy atom. The number of halogens is 3. The zero-order chi connectivity index (χ0) is 30.0. The number of carbonyl (C=O) groups is 3. The predicted molar refractivity (Wildman–Crippen MR) is 149 cm³/mol. The quantitative estimate of drug-likeness (QED) is 0.121. The van der Waals surface area contributed by atoms with Crippen LogP contribution in [0.15, 0.2) is 59.6 Å². The molecule has 2 atom stereocenters. The number of alkyl halides is 3. The van der Waals surface area contributed by atoms with Crippen LogP contribution in [-0.2, 0) is 16.1 Å². The molecule has 3 aromatic rings. The summed E-state index contributed by atoms with van der Waals surface area (Å²) >= 11 is 1.35. The first-order chi connectivity index (χ1) is 19.5. The molecule has 1 aromatic heterocycles. The molecule has 0 bridgehead atoms. The Kier molecular flexibility index (Phi) is 11.2. The number of aliphatic imine (C=N–C) groups is 1. The number of ketones is 1. The summed E-state index contributed by atoms with van der Waals surface area (Å²) in [6.07, 6.45) is -2.36. The normalized spacial score (nSPS) is 15.9. The Labute approximate surface area is 238 Å². The van der Waals surface area contributed by atoms with Gasteiger partial charge < -0.3 is 21.9 Å². The van der Waals surface area contributed by atoms with E-state index in [4.69, 9.17) is 21.4 Å². The number of carboxylic acid groups (broad SMARTS) is 1. The summed E-state index contributed by atoms with van der Waals surface area (Å²) in [6, 6.07) is 16.8. The van der Waals surface area contributed by atoms with Crippen molar-refractivity contribution >= 4 is 45.2 Å². The molecule has 6 N–H and O–H groups in total. The van der Waals surface area contributed by atoms with Crippen molar-refractivity contribution < 1.29 is 32.7 Å². The SMILES string of the molecule is NC(N)=NCCC[C@H](NC(=O)[C@@H]1CCCN1Cc1ccccc1)C(=O)c1nc2ccccc2s1.O=C(O)C(F)(F)F. The number of nitrogens with zero attached hydrogens (tertiary/aromatic N) is 3. The highest BCUT2D eigenvalue weighted by atomic mass is 32.1. The Balaban J connectivity index is 0.000000587. The van der Waals surface area contributed by atoms with E-state index in [0.29, 0.717) is 30.9 Å². The van der Waals surface area contributed by atoms with Crippen LogP contribution in [0.5, 0.6) is 0 Å².